The number of urea groups is 1. The van der Waals surface area contributed by atoms with Crippen LogP contribution in [0.25, 0.3) is 0 Å². The molecule has 12 atom stereocenters. The molecule has 2 amide bonds. The Balaban J connectivity index is 1.40. The van der Waals surface area contributed by atoms with Crippen molar-refractivity contribution in [3.63, 3.8) is 0 Å². The van der Waals surface area contributed by atoms with Crippen molar-refractivity contribution in [1.29, 1.82) is 0 Å². The summed E-state index contributed by atoms with van der Waals surface area (Å²) in [5.41, 5.74) is 5.60. The van der Waals surface area contributed by atoms with Crippen LogP contribution in [0.1, 0.15) is 113 Å². The Kier molecular flexibility index (Phi) is 12.3. The Morgan fingerprint density at radius 2 is 1.70 bits per heavy atom. The lowest BCUT2D eigenvalue weighted by Crippen LogP contribution is -2.70. The van der Waals surface area contributed by atoms with Crippen molar-refractivity contribution in [2.75, 3.05) is 32.2 Å². The Bertz CT molecular complexity index is 1440. The van der Waals surface area contributed by atoms with Crippen LogP contribution < -0.4 is 16.4 Å². The highest BCUT2D eigenvalue weighted by Crippen LogP contribution is 2.75. The minimum absolute atomic E-state index is 0.112. The maximum Gasteiger partial charge on any atom is 0.323 e. The van der Waals surface area contributed by atoms with Crippen molar-refractivity contribution in [3.05, 3.63) is 11.6 Å². The lowest BCUT2D eigenvalue weighted by molar-refractivity contribution is -0.263. The summed E-state index contributed by atoms with van der Waals surface area (Å²) >= 11 is 5.61. The van der Waals surface area contributed by atoms with E-state index in [4.69, 9.17) is 31.5 Å². The van der Waals surface area contributed by atoms with Crippen molar-refractivity contribution >= 4 is 35.5 Å². The van der Waals surface area contributed by atoms with Gasteiger partial charge in [-0.1, -0.05) is 60.1 Å². The maximum absolute atomic E-state index is 13.6. The molecular weight excluding hydrogens is 698 g/mol. The van der Waals surface area contributed by atoms with Gasteiger partial charge in [-0.3, -0.25) is 14.4 Å². The number of amides is 2. The van der Waals surface area contributed by atoms with Gasteiger partial charge in [0.15, 0.2) is 0 Å². The number of fused-ring (bicyclic) bond motifs is 3. The van der Waals surface area contributed by atoms with Crippen molar-refractivity contribution < 1.29 is 38.5 Å². The molecule has 0 aromatic heterocycles. The molecule has 0 aromatic carbocycles. The molecule has 2 bridgehead atoms. The van der Waals surface area contributed by atoms with Crippen molar-refractivity contribution in [1.82, 2.24) is 10.6 Å². The molecule has 300 valence electrons. The zero-order chi connectivity index (χ0) is 39.1. The molecule has 1 unspecified atom stereocenters. The zero-order valence-electron chi connectivity index (χ0n) is 33.4. The standard InChI is InChI=1S/C41H66ClN3O8/c1-24(2)25(3)37(5)16-17-39(7)27-12-13-31-38(6)22-51-23-41(31,28(27)14-15-40(39,8)32(37)34(47)48)21-30(52-26(4)46)33(38)53-35(49)29(43)11-9-10-19-44-36(50)45-20-18-42/h14,24-25,27,29-33H,9-13,15-23,43H2,1-8H3,(H,47,48)(H2,44,45,50)/t25-,27+,29?,30-,31+,32-,33+,37-,38+,39-,40+,41+/m1/s1. The van der Waals surface area contributed by atoms with Crippen LogP contribution in [0.15, 0.2) is 11.6 Å². The number of allylic oxidation sites excluding steroid dienone is 1. The fourth-order valence-corrected chi connectivity index (χ4v) is 12.4. The van der Waals surface area contributed by atoms with Gasteiger partial charge in [-0.05, 0) is 97.7 Å². The first-order valence-electron chi connectivity index (χ1n) is 20.0. The SMILES string of the molecule is CC(=O)O[C@@H]1C[C@@]23COC[C@@](C)([C@@H]2CC[C@H]2C3=CC[C@@]3(C)[C@H](C(=O)O)[C@@](C)([C@H](C)C(C)C)CC[C@]23C)[C@H]1OC(=O)C(N)CCCCNC(=O)NCCCl. The molecule has 5 aliphatic rings. The van der Waals surface area contributed by atoms with E-state index in [1.54, 1.807) is 0 Å². The number of hydrogen-bond acceptors (Lipinski definition) is 8. The number of aliphatic carboxylic acids is 1. The smallest absolute Gasteiger partial charge is 0.323 e. The number of rotatable bonds is 13. The van der Waals surface area contributed by atoms with Crippen LogP contribution in [-0.4, -0.2) is 79.5 Å². The summed E-state index contributed by atoms with van der Waals surface area (Å²) in [5.74, 6) is -0.910. The molecule has 11 nitrogen and oxygen atoms in total. The minimum Gasteiger partial charge on any atom is -0.481 e. The number of carboxylic acid groups (broad SMARTS) is 1. The van der Waals surface area contributed by atoms with E-state index < -0.39 is 58.3 Å². The van der Waals surface area contributed by atoms with Gasteiger partial charge in [0, 0.05) is 36.7 Å². The fraction of sp³-hybridized carbons (Fsp3) is 0.854. The highest BCUT2D eigenvalue weighted by atomic mass is 35.5. The lowest BCUT2D eigenvalue weighted by atomic mass is 9.34. The number of carbonyl (C=O) groups excluding carboxylic acids is 3. The lowest BCUT2D eigenvalue weighted by Gasteiger charge is -2.71. The molecule has 53 heavy (non-hydrogen) atoms. The van der Waals surface area contributed by atoms with E-state index in [0.29, 0.717) is 70.2 Å². The highest BCUT2D eigenvalue weighted by molar-refractivity contribution is 6.18. The molecule has 4 fully saturated rings. The molecule has 0 radical (unpaired) electrons. The molecule has 4 aliphatic carbocycles. The van der Waals surface area contributed by atoms with Gasteiger partial charge in [0.25, 0.3) is 0 Å². The molecule has 0 aromatic rings. The minimum atomic E-state index is -0.871. The first-order chi connectivity index (χ1) is 24.8. The Hall–Kier alpha value is -2.37. The molecule has 1 heterocycles. The predicted octanol–water partition coefficient (Wildman–Crippen LogP) is 6.45. The second kappa shape index (κ2) is 15.6. The first-order valence-corrected chi connectivity index (χ1v) is 20.6. The first kappa shape index (κ1) is 41.8. The summed E-state index contributed by atoms with van der Waals surface area (Å²) < 4.78 is 18.9. The maximum atomic E-state index is 13.6. The van der Waals surface area contributed by atoms with Crippen LogP contribution in [0.5, 0.6) is 0 Å². The number of alkyl halides is 1. The molecule has 1 saturated heterocycles. The zero-order valence-corrected chi connectivity index (χ0v) is 34.1. The van der Waals surface area contributed by atoms with Gasteiger partial charge >= 0.3 is 23.9 Å². The molecule has 12 heteroatoms. The van der Waals surface area contributed by atoms with Crippen LogP contribution in [0, 0.1) is 56.7 Å². The van der Waals surface area contributed by atoms with E-state index >= 15 is 0 Å². The summed E-state index contributed by atoms with van der Waals surface area (Å²) in [4.78, 5) is 51.4. The summed E-state index contributed by atoms with van der Waals surface area (Å²) in [5, 5.41) is 16.4. The summed E-state index contributed by atoms with van der Waals surface area (Å²) in [7, 11) is 0. The summed E-state index contributed by atoms with van der Waals surface area (Å²) in [6, 6.07) is -1.16. The number of unbranched alkanes of at least 4 members (excludes halogenated alkanes) is 1. The van der Waals surface area contributed by atoms with Gasteiger partial charge in [-0.15, -0.1) is 11.6 Å². The third-order valence-electron chi connectivity index (χ3n) is 15.5. The normalized spacial score (nSPS) is 40.0. The van der Waals surface area contributed by atoms with E-state index in [9.17, 15) is 24.3 Å². The van der Waals surface area contributed by atoms with Crippen molar-refractivity contribution in [2.24, 2.45) is 62.4 Å². The van der Waals surface area contributed by atoms with Crippen LogP contribution in [0.3, 0.4) is 0 Å². The Morgan fingerprint density at radius 3 is 2.34 bits per heavy atom. The van der Waals surface area contributed by atoms with E-state index in [2.05, 4.69) is 65.2 Å². The van der Waals surface area contributed by atoms with Gasteiger partial charge in [0.2, 0.25) is 0 Å². The average Bonchev–Trinajstić information content (AvgIpc) is 3.08. The quantitative estimate of drug-likeness (QED) is 0.0714. The van der Waals surface area contributed by atoms with E-state index in [-0.39, 0.29) is 34.6 Å². The molecule has 5 N–H and O–H groups in total. The third-order valence-corrected chi connectivity index (χ3v) is 15.7. The molecule has 3 saturated carbocycles. The van der Waals surface area contributed by atoms with Crippen molar-refractivity contribution in [3.8, 4) is 0 Å². The van der Waals surface area contributed by atoms with Crippen LogP contribution >= 0.6 is 11.6 Å². The number of nitrogens with one attached hydrogen (secondary N) is 2. The topological polar surface area (TPSA) is 166 Å². The number of carbonyl (C=O) groups is 4. The summed E-state index contributed by atoms with van der Waals surface area (Å²) in [6.07, 6.45) is 7.32. The predicted molar refractivity (Wildman–Crippen MR) is 203 cm³/mol. The Labute approximate surface area is 321 Å². The fourth-order valence-electron chi connectivity index (χ4n) is 12.3. The Morgan fingerprint density at radius 1 is 1.00 bits per heavy atom. The van der Waals surface area contributed by atoms with Crippen LogP contribution in [0.2, 0.25) is 0 Å². The molecule has 5 rings (SSSR count). The van der Waals surface area contributed by atoms with Gasteiger partial charge < -0.3 is 35.7 Å². The second-order valence-electron chi connectivity index (χ2n) is 18.5. The number of ether oxygens (including phenoxy) is 3. The van der Waals surface area contributed by atoms with E-state index in [0.717, 1.165) is 25.7 Å². The number of carboxylic acids is 1. The largest absolute Gasteiger partial charge is 0.481 e. The van der Waals surface area contributed by atoms with E-state index in [1.807, 2.05) is 0 Å². The number of hydrogen-bond donors (Lipinski definition) is 4. The van der Waals surface area contributed by atoms with Crippen molar-refractivity contribution in [2.45, 2.75) is 131 Å². The van der Waals surface area contributed by atoms with Gasteiger partial charge in [0.05, 0.1) is 19.1 Å². The second-order valence-corrected chi connectivity index (χ2v) is 18.9. The van der Waals surface area contributed by atoms with Crippen LogP contribution in [-0.2, 0) is 28.6 Å². The highest BCUT2D eigenvalue weighted by Gasteiger charge is 2.72. The monoisotopic (exact) mass is 763 g/mol. The van der Waals surface area contributed by atoms with Gasteiger partial charge in [-0.2, -0.15) is 0 Å². The number of halogens is 1. The number of nitrogens with two attached hydrogens (primary N) is 1. The van der Waals surface area contributed by atoms with E-state index in [1.165, 1.54) is 12.5 Å². The molecule has 1 aliphatic heterocycles. The number of esters is 2. The van der Waals surface area contributed by atoms with Crippen LogP contribution in [0.4, 0.5) is 4.79 Å². The van der Waals surface area contributed by atoms with Gasteiger partial charge in [-0.25, -0.2) is 4.79 Å². The molecule has 0 spiro atoms. The third kappa shape index (κ3) is 7.13. The average molecular weight is 764 g/mol. The van der Waals surface area contributed by atoms with Gasteiger partial charge in [0.1, 0.15) is 18.2 Å². The summed E-state index contributed by atoms with van der Waals surface area (Å²) in [6.45, 7) is 18.6. The molecular formula is C41H66ClN3O8.